The maximum Gasteiger partial charge on any atom is 0.324 e. The molecule has 164 valence electrons. The summed E-state index contributed by atoms with van der Waals surface area (Å²) in [5, 5.41) is 0. The molecule has 32 heavy (non-hydrogen) atoms. The van der Waals surface area contributed by atoms with Gasteiger partial charge in [-0.1, -0.05) is 60.7 Å². The summed E-state index contributed by atoms with van der Waals surface area (Å²) in [7, 11) is 0. The summed E-state index contributed by atoms with van der Waals surface area (Å²) in [5.74, 6) is -1.27. The minimum Gasteiger partial charge on any atom is -0.460 e. The Kier molecular flexibility index (Phi) is 6.21. The molecule has 0 spiro atoms. The molecule has 1 aliphatic rings. The van der Waals surface area contributed by atoms with Gasteiger partial charge in [-0.2, -0.15) is 0 Å². The van der Waals surface area contributed by atoms with Gasteiger partial charge in [-0.05, 0) is 29.2 Å². The zero-order valence-corrected chi connectivity index (χ0v) is 18.0. The molecule has 6 nitrogen and oxygen atoms in total. The van der Waals surface area contributed by atoms with Crippen LogP contribution in [0.2, 0.25) is 0 Å². The highest BCUT2D eigenvalue weighted by Crippen LogP contribution is 2.39. The number of aryl methyl sites for hydroxylation is 1. The number of esters is 2. The van der Waals surface area contributed by atoms with E-state index in [2.05, 4.69) is 0 Å². The van der Waals surface area contributed by atoms with Crippen LogP contribution in [-0.2, 0) is 51.7 Å². The first kappa shape index (κ1) is 21.6. The molecule has 0 atom stereocenters. The third-order valence-electron chi connectivity index (χ3n) is 5.84. The zero-order valence-electron chi connectivity index (χ0n) is 18.0. The molecule has 0 unspecified atom stereocenters. The van der Waals surface area contributed by atoms with E-state index in [0.717, 1.165) is 16.7 Å². The maximum atomic E-state index is 13.3. The minimum absolute atomic E-state index is 0.0610. The van der Waals surface area contributed by atoms with Crippen LogP contribution < -0.4 is 5.56 Å². The van der Waals surface area contributed by atoms with Gasteiger partial charge in [-0.15, -0.1) is 0 Å². The number of hydrogen-bond acceptors (Lipinski definition) is 5. The fourth-order valence-electron chi connectivity index (χ4n) is 4.04. The number of fused-ring (bicyclic) bond motifs is 1. The first-order chi connectivity index (χ1) is 15.5. The van der Waals surface area contributed by atoms with Gasteiger partial charge in [0.25, 0.3) is 5.56 Å². The van der Waals surface area contributed by atoms with Crippen LogP contribution in [-0.4, -0.2) is 16.5 Å². The first-order valence-electron chi connectivity index (χ1n) is 10.7. The van der Waals surface area contributed by atoms with Crippen LogP contribution in [0.3, 0.4) is 0 Å². The second-order valence-corrected chi connectivity index (χ2v) is 8.01. The highest BCUT2D eigenvalue weighted by molar-refractivity contribution is 6.01. The number of aromatic nitrogens is 1. The molecule has 0 aliphatic heterocycles. The van der Waals surface area contributed by atoms with Gasteiger partial charge in [0.05, 0.1) is 0 Å². The topological polar surface area (TPSA) is 74.6 Å². The SMILES string of the molecule is CCn1cc2c(cc1=O)CC(C(=O)OCc1ccccc1)(C(=O)OCc1ccccc1)C2. The predicted molar refractivity (Wildman–Crippen MR) is 119 cm³/mol. The number of ether oxygens (including phenoxy) is 2. The second-order valence-electron chi connectivity index (χ2n) is 8.01. The molecule has 0 amide bonds. The van der Waals surface area contributed by atoms with E-state index >= 15 is 0 Å². The van der Waals surface area contributed by atoms with Gasteiger partial charge >= 0.3 is 11.9 Å². The quantitative estimate of drug-likeness (QED) is 0.423. The van der Waals surface area contributed by atoms with E-state index in [1.54, 1.807) is 10.8 Å². The van der Waals surface area contributed by atoms with E-state index < -0.39 is 17.4 Å². The van der Waals surface area contributed by atoms with Crippen molar-refractivity contribution in [1.82, 2.24) is 4.57 Å². The van der Waals surface area contributed by atoms with Crippen molar-refractivity contribution in [2.45, 2.75) is 39.5 Å². The van der Waals surface area contributed by atoms with E-state index in [1.807, 2.05) is 67.6 Å². The molecule has 0 N–H and O–H groups in total. The number of nitrogens with zero attached hydrogens (tertiary/aromatic N) is 1. The number of rotatable bonds is 7. The number of benzene rings is 2. The van der Waals surface area contributed by atoms with Crippen LogP contribution in [0.25, 0.3) is 0 Å². The standard InChI is InChI=1S/C26H25NO5/c1-2-27-16-22-15-26(14-21(22)13-23(27)28,24(29)31-17-19-9-5-3-6-10-19)25(30)32-18-20-11-7-4-8-12-20/h3-13,16H,2,14-15,17-18H2,1H3. The third-order valence-corrected chi connectivity index (χ3v) is 5.84. The molecular weight excluding hydrogens is 406 g/mol. The number of hydrogen-bond donors (Lipinski definition) is 0. The first-order valence-corrected chi connectivity index (χ1v) is 10.7. The minimum atomic E-state index is -1.51. The monoisotopic (exact) mass is 431 g/mol. The lowest BCUT2D eigenvalue weighted by Gasteiger charge is -2.24. The van der Waals surface area contributed by atoms with Gasteiger partial charge in [0.15, 0.2) is 5.41 Å². The van der Waals surface area contributed by atoms with Crippen LogP contribution in [0.5, 0.6) is 0 Å². The number of pyridine rings is 1. The van der Waals surface area contributed by atoms with E-state index in [4.69, 9.17) is 9.47 Å². The molecule has 0 bridgehead atoms. The van der Waals surface area contributed by atoms with Gasteiger partial charge in [0, 0.05) is 31.6 Å². The zero-order chi connectivity index (χ0) is 22.6. The van der Waals surface area contributed by atoms with Crippen LogP contribution in [0.1, 0.15) is 29.2 Å². The van der Waals surface area contributed by atoms with Crippen LogP contribution >= 0.6 is 0 Å². The van der Waals surface area contributed by atoms with E-state index in [1.165, 1.54) is 6.07 Å². The molecule has 1 aromatic heterocycles. The normalized spacial score (nSPS) is 13.9. The van der Waals surface area contributed by atoms with Crippen molar-refractivity contribution in [2.75, 3.05) is 0 Å². The summed E-state index contributed by atoms with van der Waals surface area (Å²) in [5.41, 5.74) is 1.47. The molecule has 0 fully saturated rings. The van der Waals surface area contributed by atoms with E-state index in [0.29, 0.717) is 12.1 Å². The average Bonchev–Trinajstić information content (AvgIpc) is 3.21. The van der Waals surface area contributed by atoms with Crippen LogP contribution in [0.4, 0.5) is 0 Å². The maximum absolute atomic E-state index is 13.3. The fraction of sp³-hybridized carbons (Fsp3) is 0.269. The van der Waals surface area contributed by atoms with Gasteiger partial charge in [0.1, 0.15) is 13.2 Å². The summed E-state index contributed by atoms with van der Waals surface area (Å²) in [4.78, 5) is 38.9. The van der Waals surface area contributed by atoms with Gasteiger partial charge in [0.2, 0.25) is 0 Å². The number of carbonyl (C=O) groups excluding carboxylic acids is 2. The van der Waals surface area contributed by atoms with Crippen molar-refractivity contribution in [3.8, 4) is 0 Å². The molecule has 6 heteroatoms. The van der Waals surface area contributed by atoms with Gasteiger partial charge in [-0.3, -0.25) is 14.4 Å². The Morgan fingerprint density at radius 3 is 1.84 bits per heavy atom. The summed E-state index contributed by atoms with van der Waals surface area (Å²) in [6, 6.07) is 20.1. The lowest BCUT2D eigenvalue weighted by atomic mass is 9.84. The molecule has 1 heterocycles. The molecule has 0 saturated heterocycles. The predicted octanol–water partition coefficient (Wildman–Crippen LogP) is 3.44. The van der Waals surface area contributed by atoms with Crippen molar-refractivity contribution >= 4 is 11.9 Å². The number of carbonyl (C=O) groups is 2. The fourth-order valence-corrected chi connectivity index (χ4v) is 4.04. The van der Waals surface area contributed by atoms with E-state index in [-0.39, 0.29) is 31.6 Å². The largest absolute Gasteiger partial charge is 0.460 e. The highest BCUT2D eigenvalue weighted by atomic mass is 16.6. The Morgan fingerprint density at radius 2 is 1.34 bits per heavy atom. The highest BCUT2D eigenvalue weighted by Gasteiger charge is 2.53. The Bertz CT molecular complexity index is 1110. The Balaban J connectivity index is 1.59. The molecular formula is C26H25NO5. The van der Waals surface area contributed by atoms with E-state index in [9.17, 15) is 14.4 Å². The second kappa shape index (κ2) is 9.22. The Hall–Kier alpha value is -3.67. The van der Waals surface area contributed by atoms with Crippen LogP contribution in [0.15, 0.2) is 77.7 Å². The summed E-state index contributed by atoms with van der Waals surface area (Å²) in [6.07, 6.45) is 1.96. The lowest BCUT2D eigenvalue weighted by molar-refractivity contribution is -0.173. The summed E-state index contributed by atoms with van der Waals surface area (Å²) in [6.45, 7) is 2.51. The Morgan fingerprint density at radius 1 is 0.844 bits per heavy atom. The molecule has 0 saturated carbocycles. The lowest BCUT2D eigenvalue weighted by Crippen LogP contribution is -2.42. The molecule has 1 aliphatic carbocycles. The molecule has 3 aromatic rings. The van der Waals surface area contributed by atoms with Crippen molar-refractivity contribution in [2.24, 2.45) is 5.41 Å². The Labute approximate surface area is 186 Å². The summed E-state index contributed by atoms with van der Waals surface area (Å²) >= 11 is 0. The van der Waals surface area contributed by atoms with Crippen molar-refractivity contribution < 1.29 is 19.1 Å². The van der Waals surface area contributed by atoms with Crippen molar-refractivity contribution in [3.63, 3.8) is 0 Å². The van der Waals surface area contributed by atoms with Crippen molar-refractivity contribution in [1.29, 1.82) is 0 Å². The third kappa shape index (κ3) is 4.35. The molecule has 0 radical (unpaired) electrons. The van der Waals surface area contributed by atoms with Gasteiger partial charge < -0.3 is 14.0 Å². The molecule has 2 aromatic carbocycles. The summed E-state index contributed by atoms with van der Waals surface area (Å²) < 4.78 is 12.7. The van der Waals surface area contributed by atoms with Crippen molar-refractivity contribution in [3.05, 3.63) is 106 Å². The van der Waals surface area contributed by atoms with Gasteiger partial charge in [-0.25, -0.2) is 0 Å². The smallest absolute Gasteiger partial charge is 0.324 e. The molecule has 4 rings (SSSR count). The van der Waals surface area contributed by atoms with Crippen LogP contribution in [0, 0.1) is 5.41 Å². The average molecular weight is 431 g/mol.